The van der Waals surface area contributed by atoms with Gasteiger partial charge in [-0.15, -0.1) is 0 Å². The Hall–Kier alpha value is -4.17. The third-order valence-corrected chi connectivity index (χ3v) is 10.8. The van der Waals surface area contributed by atoms with Gasteiger partial charge in [0.05, 0.1) is 6.04 Å². The van der Waals surface area contributed by atoms with E-state index in [2.05, 4.69) is 182 Å². The Bertz CT molecular complexity index is 1490. The minimum atomic E-state index is 0. The number of fused-ring (bicyclic) bond motifs is 1. The maximum atomic E-state index is 4.50. The minimum Gasteiger partial charge on any atom is -0.381 e. The van der Waals surface area contributed by atoms with Crippen molar-refractivity contribution in [1.82, 2.24) is 4.90 Å². The van der Waals surface area contributed by atoms with Crippen molar-refractivity contribution in [3.63, 3.8) is 0 Å². The normalized spacial score (nSPS) is 24.5. The van der Waals surface area contributed by atoms with Crippen molar-refractivity contribution in [3.05, 3.63) is 206 Å². The second kappa shape index (κ2) is 18.2. The maximum Gasteiger partial charge on any atom is 2.00 e. The van der Waals surface area contributed by atoms with E-state index in [1.165, 1.54) is 52.8 Å². The summed E-state index contributed by atoms with van der Waals surface area (Å²) in [6.07, 6.45) is 8.09. The zero-order chi connectivity index (χ0) is 32.0. The molecule has 3 heteroatoms. The van der Waals surface area contributed by atoms with Gasteiger partial charge in [0, 0.05) is 31.9 Å². The molecule has 0 amide bonds. The maximum absolute atomic E-state index is 4.50. The molecule has 5 aromatic carbocycles. The molecule has 3 aliphatic rings. The molecule has 1 heterocycles. The molecular formula is C47H52FeN2. The molecule has 2 atom stereocenters. The van der Waals surface area contributed by atoms with E-state index < -0.39 is 0 Å². The summed E-state index contributed by atoms with van der Waals surface area (Å²) in [4.78, 5) is 6.73. The average molecular weight is 701 g/mol. The number of hydrogen-bond acceptors (Lipinski definition) is 2. The SMILES string of the molecule is CN(C)C1=CC=N[C@H]2CCCC12.[CH3-].[CH3-].[Fe+2].c1ccc(C2C(c3ccccc3)C(c3ccccc3)C(c3ccccc3)C2c2ccccc2)cc1. The molecule has 5 aromatic rings. The van der Waals surface area contributed by atoms with E-state index in [1.807, 2.05) is 6.21 Å². The summed E-state index contributed by atoms with van der Waals surface area (Å²) in [5.74, 6) is 2.50. The van der Waals surface area contributed by atoms with E-state index in [9.17, 15) is 0 Å². The van der Waals surface area contributed by atoms with Crippen LogP contribution in [-0.2, 0) is 17.1 Å². The van der Waals surface area contributed by atoms with Crippen LogP contribution in [0.3, 0.4) is 0 Å². The molecule has 2 saturated carbocycles. The van der Waals surface area contributed by atoms with Gasteiger partial charge in [0.2, 0.25) is 0 Å². The first kappa shape index (κ1) is 38.6. The second-order valence-corrected chi connectivity index (χ2v) is 13.6. The van der Waals surface area contributed by atoms with E-state index >= 15 is 0 Å². The molecule has 8 rings (SSSR count). The zero-order valence-electron chi connectivity index (χ0n) is 30.0. The molecule has 0 N–H and O–H groups in total. The number of rotatable bonds is 6. The summed E-state index contributed by atoms with van der Waals surface area (Å²) in [6, 6.07) is 56.7. The predicted molar refractivity (Wildman–Crippen MR) is 210 cm³/mol. The second-order valence-electron chi connectivity index (χ2n) is 13.6. The first-order valence-corrected chi connectivity index (χ1v) is 17.4. The monoisotopic (exact) mass is 700 g/mol. The molecule has 0 radical (unpaired) electrons. The Morgan fingerprint density at radius 3 is 1.04 bits per heavy atom. The number of benzene rings is 5. The standard InChI is InChI=1S/C35H30.C10H16N2.2CH3.Fe/c1-6-16-26(17-7-1)31-32(27-18-8-2-9-19-27)34(29-22-12-4-13-23-29)35(30-24-14-5-15-25-30)33(31)28-20-10-3-11-21-28;1-12(2)10-6-7-11-9-5-3-4-8(9)10;;;/h1-25,31-35H;6-9H,3-5H2,1-2H3;2*1H3;/q;;2*-1;+2/t;8?,9-;;;/m.0.../s1. The molecule has 2 nitrogen and oxygen atoms in total. The van der Waals surface area contributed by atoms with Gasteiger partial charge in [-0.1, -0.05) is 158 Å². The predicted octanol–water partition coefficient (Wildman–Crippen LogP) is 11.5. The largest absolute Gasteiger partial charge is 2.00 e. The average Bonchev–Trinajstić information content (AvgIpc) is 3.77. The zero-order valence-corrected chi connectivity index (χ0v) is 31.1. The third-order valence-electron chi connectivity index (χ3n) is 10.8. The minimum absolute atomic E-state index is 0. The van der Waals surface area contributed by atoms with Crippen LogP contribution in [0.1, 0.15) is 76.7 Å². The van der Waals surface area contributed by atoms with Crippen molar-refractivity contribution in [2.45, 2.75) is 54.9 Å². The van der Waals surface area contributed by atoms with Gasteiger partial charge >= 0.3 is 17.1 Å². The molecule has 0 spiro atoms. The van der Waals surface area contributed by atoms with Gasteiger partial charge in [0.25, 0.3) is 0 Å². The fourth-order valence-corrected chi connectivity index (χ4v) is 8.86. The summed E-state index contributed by atoms with van der Waals surface area (Å²) < 4.78 is 0. The number of nitrogens with zero attached hydrogens (tertiary/aromatic N) is 2. The smallest absolute Gasteiger partial charge is 0.381 e. The molecular weight excluding hydrogens is 648 g/mol. The molecule has 0 bridgehead atoms. The fourth-order valence-electron chi connectivity index (χ4n) is 8.86. The first-order valence-electron chi connectivity index (χ1n) is 17.4. The van der Waals surface area contributed by atoms with Crippen LogP contribution in [0, 0.1) is 20.8 Å². The topological polar surface area (TPSA) is 15.6 Å². The molecule has 1 unspecified atom stereocenters. The van der Waals surface area contributed by atoms with Crippen molar-refractivity contribution < 1.29 is 17.1 Å². The molecule has 50 heavy (non-hydrogen) atoms. The van der Waals surface area contributed by atoms with Crippen molar-refractivity contribution >= 4 is 6.21 Å². The van der Waals surface area contributed by atoms with E-state index in [1.54, 1.807) is 0 Å². The van der Waals surface area contributed by atoms with Gasteiger partial charge in [-0.2, -0.15) is 0 Å². The van der Waals surface area contributed by atoms with Crippen molar-refractivity contribution in [2.75, 3.05) is 14.1 Å². The van der Waals surface area contributed by atoms with Crippen LogP contribution in [0.25, 0.3) is 0 Å². The van der Waals surface area contributed by atoms with Gasteiger partial charge < -0.3 is 19.8 Å². The summed E-state index contributed by atoms with van der Waals surface area (Å²) >= 11 is 0. The van der Waals surface area contributed by atoms with E-state index in [4.69, 9.17) is 0 Å². The number of allylic oxidation sites excluding steroid dienone is 1. The molecule has 0 aromatic heterocycles. The Kier molecular flexibility index (Phi) is 14.0. The Labute approximate surface area is 312 Å². The van der Waals surface area contributed by atoms with E-state index in [0.717, 1.165) is 0 Å². The van der Waals surface area contributed by atoms with Crippen LogP contribution < -0.4 is 0 Å². The summed E-state index contributed by atoms with van der Waals surface area (Å²) in [7, 11) is 4.25. The molecule has 1 aliphatic heterocycles. The molecule has 0 saturated heterocycles. The Morgan fingerprint density at radius 1 is 0.460 bits per heavy atom. The van der Waals surface area contributed by atoms with E-state index in [0.29, 0.717) is 41.5 Å². The van der Waals surface area contributed by atoms with Crippen LogP contribution in [0.5, 0.6) is 0 Å². The van der Waals surface area contributed by atoms with Crippen molar-refractivity contribution in [3.8, 4) is 0 Å². The van der Waals surface area contributed by atoms with Crippen LogP contribution in [0.15, 0.2) is 168 Å². The van der Waals surface area contributed by atoms with Gasteiger partial charge in [-0.05, 0) is 76.3 Å². The number of dihydropyridines is 1. The van der Waals surface area contributed by atoms with Gasteiger partial charge in [-0.25, -0.2) is 0 Å². The molecule has 2 aliphatic carbocycles. The fraction of sp³-hybridized carbons (Fsp3) is 0.255. The van der Waals surface area contributed by atoms with E-state index in [-0.39, 0.29) is 31.9 Å². The molecule has 2 fully saturated rings. The van der Waals surface area contributed by atoms with Gasteiger partial charge in [0.1, 0.15) is 0 Å². The summed E-state index contributed by atoms with van der Waals surface area (Å²) in [6.45, 7) is 0. The van der Waals surface area contributed by atoms with Crippen LogP contribution >= 0.6 is 0 Å². The van der Waals surface area contributed by atoms with Crippen LogP contribution in [0.2, 0.25) is 0 Å². The Balaban J connectivity index is 0.000000319. The quantitative estimate of drug-likeness (QED) is 0.127. The van der Waals surface area contributed by atoms with Crippen LogP contribution in [0.4, 0.5) is 0 Å². The molecule has 258 valence electrons. The van der Waals surface area contributed by atoms with Crippen molar-refractivity contribution in [1.29, 1.82) is 0 Å². The Morgan fingerprint density at radius 2 is 0.760 bits per heavy atom. The first-order chi connectivity index (χ1) is 23.2. The van der Waals surface area contributed by atoms with Gasteiger partial charge in [0.15, 0.2) is 0 Å². The van der Waals surface area contributed by atoms with Crippen molar-refractivity contribution in [2.24, 2.45) is 10.9 Å². The van der Waals surface area contributed by atoms with Crippen LogP contribution in [-0.4, -0.2) is 31.3 Å². The summed E-state index contributed by atoms with van der Waals surface area (Å²) in [5, 5.41) is 0. The number of aliphatic imine (C=N–C) groups is 1. The number of hydrogen-bond donors (Lipinski definition) is 0. The summed E-state index contributed by atoms with van der Waals surface area (Å²) in [5.41, 5.74) is 8.59. The third kappa shape index (κ3) is 8.07. The van der Waals surface area contributed by atoms with Gasteiger partial charge in [-0.3, -0.25) is 4.99 Å².